The van der Waals surface area contributed by atoms with E-state index in [2.05, 4.69) is 26.6 Å². The monoisotopic (exact) mass is 448 g/mol. The van der Waals surface area contributed by atoms with E-state index >= 15 is 0 Å². The first-order chi connectivity index (χ1) is 11.5. The van der Waals surface area contributed by atoms with Crippen LogP contribution in [0.3, 0.4) is 0 Å². The summed E-state index contributed by atoms with van der Waals surface area (Å²) in [5, 5.41) is 6.42. The molecule has 0 aliphatic heterocycles. The highest BCUT2D eigenvalue weighted by Crippen LogP contribution is 2.23. The average molecular weight is 450 g/mol. The van der Waals surface area contributed by atoms with Crippen LogP contribution in [0.5, 0.6) is 0 Å². The van der Waals surface area contributed by atoms with Crippen molar-refractivity contribution in [2.24, 2.45) is 0 Å². The van der Waals surface area contributed by atoms with E-state index in [9.17, 15) is 9.59 Å². The molecule has 2 aromatic rings. The van der Waals surface area contributed by atoms with Crippen LogP contribution in [0.4, 0.5) is 0 Å². The maximum Gasteiger partial charge on any atom is 0.261 e. The van der Waals surface area contributed by atoms with Crippen LogP contribution in [0.1, 0.15) is 21.7 Å². The minimum absolute atomic E-state index is 0.0406. The molecule has 0 aliphatic carbocycles. The molecule has 0 spiro atoms. The quantitative estimate of drug-likeness (QED) is 0.619. The van der Waals surface area contributed by atoms with Crippen molar-refractivity contribution in [1.82, 2.24) is 10.6 Å². The molecule has 0 saturated carbocycles. The molecule has 0 unspecified atom stereocenters. The molecule has 0 bridgehead atoms. The third kappa shape index (κ3) is 6.09. The zero-order valence-corrected chi connectivity index (χ0v) is 16.5. The lowest BCUT2D eigenvalue weighted by atomic mass is 10.1. The number of nitrogens with one attached hydrogen (secondary N) is 2. The number of halogens is 3. The first-order valence-electron chi connectivity index (χ1n) is 7.20. The SMILES string of the molecule is O=C(CNC(=O)c1ccc(Br)s1)NCCCc1ccc(Cl)c(Cl)c1. The summed E-state index contributed by atoms with van der Waals surface area (Å²) in [6, 6.07) is 9.00. The molecule has 1 aromatic carbocycles. The lowest BCUT2D eigenvalue weighted by molar-refractivity contribution is -0.120. The van der Waals surface area contributed by atoms with Gasteiger partial charge in [-0.1, -0.05) is 29.3 Å². The van der Waals surface area contributed by atoms with Crippen LogP contribution in [-0.4, -0.2) is 24.9 Å². The molecular weight excluding hydrogens is 435 g/mol. The van der Waals surface area contributed by atoms with E-state index in [1.165, 1.54) is 11.3 Å². The Balaban J connectivity index is 1.64. The fraction of sp³-hybridized carbons (Fsp3) is 0.250. The summed E-state index contributed by atoms with van der Waals surface area (Å²) < 4.78 is 0.874. The van der Waals surface area contributed by atoms with Gasteiger partial charge in [-0.25, -0.2) is 0 Å². The number of hydrogen-bond acceptors (Lipinski definition) is 3. The topological polar surface area (TPSA) is 58.2 Å². The number of aryl methyl sites for hydroxylation is 1. The Hall–Kier alpha value is -1.08. The third-order valence-electron chi connectivity index (χ3n) is 3.15. The van der Waals surface area contributed by atoms with Gasteiger partial charge >= 0.3 is 0 Å². The van der Waals surface area contributed by atoms with E-state index in [0.29, 0.717) is 21.5 Å². The molecule has 24 heavy (non-hydrogen) atoms. The van der Waals surface area contributed by atoms with Crippen molar-refractivity contribution in [2.75, 3.05) is 13.1 Å². The molecule has 0 atom stereocenters. The molecule has 2 rings (SSSR count). The van der Waals surface area contributed by atoms with E-state index in [1.807, 2.05) is 12.1 Å². The molecule has 0 saturated heterocycles. The van der Waals surface area contributed by atoms with Gasteiger partial charge in [0.15, 0.2) is 0 Å². The van der Waals surface area contributed by atoms with Gasteiger partial charge in [0.1, 0.15) is 0 Å². The average Bonchev–Trinajstić information content (AvgIpc) is 2.99. The van der Waals surface area contributed by atoms with Gasteiger partial charge in [0, 0.05) is 6.54 Å². The molecule has 2 N–H and O–H groups in total. The minimum atomic E-state index is -0.253. The van der Waals surface area contributed by atoms with Crippen molar-refractivity contribution in [3.8, 4) is 0 Å². The fourth-order valence-electron chi connectivity index (χ4n) is 1.96. The number of hydrogen-bond donors (Lipinski definition) is 2. The van der Waals surface area contributed by atoms with E-state index in [0.717, 1.165) is 22.2 Å². The van der Waals surface area contributed by atoms with Gasteiger partial charge in [-0.15, -0.1) is 11.3 Å². The number of carbonyl (C=O) groups is 2. The largest absolute Gasteiger partial charge is 0.355 e. The van der Waals surface area contributed by atoms with Gasteiger partial charge < -0.3 is 10.6 Å². The van der Waals surface area contributed by atoms with Gasteiger partial charge in [-0.3, -0.25) is 9.59 Å². The molecule has 4 nitrogen and oxygen atoms in total. The Bertz CT molecular complexity index is 737. The third-order valence-corrected chi connectivity index (χ3v) is 5.52. The van der Waals surface area contributed by atoms with Gasteiger partial charge in [0.25, 0.3) is 5.91 Å². The predicted molar refractivity (Wildman–Crippen MR) is 102 cm³/mol. The maximum atomic E-state index is 11.8. The van der Waals surface area contributed by atoms with Crippen LogP contribution in [0.15, 0.2) is 34.1 Å². The Morgan fingerprint density at radius 2 is 1.88 bits per heavy atom. The normalized spacial score (nSPS) is 10.5. The van der Waals surface area contributed by atoms with Crippen LogP contribution < -0.4 is 10.6 Å². The van der Waals surface area contributed by atoms with Gasteiger partial charge in [0.05, 0.1) is 25.3 Å². The Morgan fingerprint density at radius 1 is 1.08 bits per heavy atom. The molecule has 1 heterocycles. The Labute approximate surface area is 162 Å². The van der Waals surface area contributed by atoms with Crippen LogP contribution in [0, 0.1) is 0 Å². The first kappa shape index (κ1) is 19.2. The Morgan fingerprint density at radius 3 is 2.54 bits per heavy atom. The van der Waals surface area contributed by atoms with Crippen molar-refractivity contribution in [2.45, 2.75) is 12.8 Å². The highest BCUT2D eigenvalue weighted by molar-refractivity contribution is 9.11. The van der Waals surface area contributed by atoms with Crippen molar-refractivity contribution >= 4 is 62.3 Å². The minimum Gasteiger partial charge on any atom is -0.355 e. The summed E-state index contributed by atoms with van der Waals surface area (Å²) in [5.41, 5.74) is 1.07. The predicted octanol–water partition coefficient (Wildman–Crippen LogP) is 4.30. The summed E-state index contributed by atoms with van der Waals surface area (Å²) in [5.74, 6) is -0.468. The standard InChI is InChI=1S/C16H15BrCl2N2O2S/c17-14-6-5-13(24-14)16(23)21-9-15(22)20-7-1-2-10-3-4-11(18)12(19)8-10/h3-6,8H,1-2,7,9H2,(H,20,22)(H,21,23). The molecule has 0 radical (unpaired) electrons. The summed E-state index contributed by atoms with van der Waals surface area (Å²) in [6.07, 6.45) is 1.56. The van der Waals surface area contributed by atoms with Crippen molar-refractivity contribution in [1.29, 1.82) is 0 Å². The molecule has 1 aromatic heterocycles. The molecule has 8 heteroatoms. The lowest BCUT2D eigenvalue weighted by Gasteiger charge is -2.07. The number of benzene rings is 1. The highest BCUT2D eigenvalue weighted by Gasteiger charge is 2.10. The number of thiophene rings is 1. The van der Waals surface area contributed by atoms with E-state index < -0.39 is 0 Å². The van der Waals surface area contributed by atoms with E-state index in [-0.39, 0.29) is 18.4 Å². The zero-order chi connectivity index (χ0) is 17.5. The summed E-state index contributed by atoms with van der Waals surface area (Å²) in [7, 11) is 0. The molecule has 0 aliphatic rings. The summed E-state index contributed by atoms with van der Waals surface area (Å²) in [6.45, 7) is 0.487. The highest BCUT2D eigenvalue weighted by atomic mass is 79.9. The van der Waals surface area contributed by atoms with Crippen LogP contribution >= 0.6 is 50.5 Å². The second-order valence-electron chi connectivity index (χ2n) is 4.99. The van der Waals surface area contributed by atoms with Crippen LogP contribution in [-0.2, 0) is 11.2 Å². The number of amides is 2. The molecule has 128 valence electrons. The van der Waals surface area contributed by atoms with E-state index in [4.69, 9.17) is 23.2 Å². The summed E-state index contributed by atoms with van der Waals surface area (Å²) in [4.78, 5) is 24.1. The lowest BCUT2D eigenvalue weighted by Crippen LogP contribution is -2.37. The van der Waals surface area contributed by atoms with E-state index in [1.54, 1.807) is 18.2 Å². The van der Waals surface area contributed by atoms with Gasteiger partial charge in [0.2, 0.25) is 5.91 Å². The zero-order valence-electron chi connectivity index (χ0n) is 12.6. The van der Waals surface area contributed by atoms with Crippen LogP contribution in [0.2, 0.25) is 10.0 Å². The number of carbonyl (C=O) groups excluding carboxylic acids is 2. The van der Waals surface area contributed by atoms with Crippen molar-refractivity contribution in [3.05, 3.63) is 54.6 Å². The number of rotatable bonds is 7. The van der Waals surface area contributed by atoms with Crippen LogP contribution in [0.25, 0.3) is 0 Å². The maximum absolute atomic E-state index is 11.8. The second-order valence-corrected chi connectivity index (χ2v) is 8.27. The summed E-state index contributed by atoms with van der Waals surface area (Å²) >= 11 is 16.4. The first-order valence-corrected chi connectivity index (χ1v) is 9.56. The second kappa shape index (κ2) is 9.42. The molecule has 2 amide bonds. The van der Waals surface area contributed by atoms with Crippen molar-refractivity contribution < 1.29 is 9.59 Å². The molecule has 0 fully saturated rings. The molecular formula is C16H15BrCl2N2O2S. The van der Waals surface area contributed by atoms with Gasteiger partial charge in [-0.05, 0) is 58.6 Å². The fourth-order valence-corrected chi connectivity index (χ4v) is 3.59. The van der Waals surface area contributed by atoms with Gasteiger partial charge in [-0.2, -0.15) is 0 Å². The van der Waals surface area contributed by atoms with Crippen molar-refractivity contribution in [3.63, 3.8) is 0 Å². The smallest absolute Gasteiger partial charge is 0.261 e. The Kier molecular flexibility index (Phi) is 7.55.